The molecule has 4 rings (SSSR count). The van der Waals surface area contributed by atoms with E-state index in [0.717, 1.165) is 22.4 Å². The van der Waals surface area contributed by atoms with Crippen LogP contribution in [0.3, 0.4) is 0 Å². The van der Waals surface area contributed by atoms with Crippen molar-refractivity contribution in [2.75, 3.05) is 11.9 Å². The molecule has 0 radical (unpaired) electrons. The van der Waals surface area contributed by atoms with Gasteiger partial charge in [0.25, 0.3) is 5.91 Å². The number of benzene rings is 2. The number of nitrogens with zero attached hydrogens (tertiary/aromatic N) is 1. The lowest BCUT2D eigenvalue weighted by atomic mass is 10.0. The highest BCUT2D eigenvalue weighted by molar-refractivity contribution is 5.95. The Kier molecular flexibility index (Phi) is 4.27. The van der Waals surface area contributed by atoms with Gasteiger partial charge in [-0.2, -0.15) is 0 Å². The van der Waals surface area contributed by atoms with E-state index >= 15 is 0 Å². The number of aryl methyl sites for hydroxylation is 1. The number of hydrogen-bond acceptors (Lipinski definition) is 4. The van der Waals surface area contributed by atoms with Crippen molar-refractivity contribution < 1.29 is 14.3 Å². The number of aromatic nitrogens is 1. The topological polar surface area (TPSA) is 60.5 Å². The minimum atomic E-state index is -0.676. The minimum Gasteiger partial charge on any atom is -0.485 e. The molecule has 1 aromatic heterocycles. The average molecular weight is 346 g/mol. The standard InChI is InChI=1S/C21H18N2O3/c1-14-12-16(6-7-17(14)15-8-10-22-11-9-15)23-21(24)20-13-25-18-4-2-3-5-19(18)26-20/h2-12,20H,13H2,1H3,(H,23,24). The number of ether oxygens (including phenoxy) is 2. The maximum absolute atomic E-state index is 12.5. The van der Waals surface area contributed by atoms with Crippen LogP contribution in [-0.2, 0) is 4.79 Å². The average Bonchev–Trinajstić information content (AvgIpc) is 2.68. The van der Waals surface area contributed by atoms with Crippen LogP contribution < -0.4 is 14.8 Å². The lowest BCUT2D eigenvalue weighted by molar-refractivity contribution is -0.125. The molecule has 2 aromatic carbocycles. The molecule has 0 fully saturated rings. The molecule has 2 heterocycles. The lowest BCUT2D eigenvalue weighted by Gasteiger charge is -2.25. The van der Waals surface area contributed by atoms with Gasteiger partial charge in [-0.05, 0) is 60.0 Å². The van der Waals surface area contributed by atoms with Crippen molar-refractivity contribution in [3.8, 4) is 22.6 Å². The molecule has 0 saturated heterocycles. The first-order valence-electron chi connectivity index (χ1n) is 8.41. The van der Waals surface area contributed by atoms with Gasteiger partial charge >= 0.3 is 0 Å². The molecule has 0 bridgehead atoms. The molecule has 0 saturated carbocycles. The Morgan fingerprint density at radius 2 is 1.85 bits per heavy atom. The van der Waals surface area contributed by atoms with E-state index in [1.54, 1.807) is 18.5 Å². The smallest absolute Gasteiger partial charge is 0.269 e. The highest BCUT2D eigenvalue weighted by atomic mass is 16.6. The van der Waals surface area contributed by atoms with Crippen molar-refractivity contribution in [3.63, 3.8) is 0 Å². The number of carbonyl (C=O) groups excluding carboxylic acids is 1. The van der Waals surface area contributed by atoms with E-state index < -0.39 is 6.10 Å². The van der Waals surface area contributed by atoms with Gasteiger partial charge < -0.3 is 14.8 Å². The second kappa shape index (κ2) is 6.88. The molecule has 5 heteroatoms. The van der Waals surface area contributed by atoms with Crippen LogP contribution >= 0.6 is 0 Å². The van der Waals surface area contributed by atoms with Crippen LogP contribution in [0.5, 0.6) is 11.5 Å². The van der Waals surface area contributed by atoms with Crippen LogP contribution in [0.25, 0.3) is 11.1 Å². The number of pyridine rings is 1. The summed E-state index contributed by atoms with van der Waals surface area (Å²) in [6.07, 6.45) is 2.86. The molecule has 3 aromatic rings. The Bertz CT molecular complexity index is 941. The Morgan fingerprint density at radius 1 is 1.08 bits per heavy atom. The first kappa shape index (κ1) is 16.1. The summed E-state index contributed by atoms with van der Waals surface area (Å²) in [5, 5.41) is 2.91. The SMILES string of the molecule is Cc1cc(NC(=O)C2COc3ccccc3O2)ccc1-c1ccncc1. The van der Waals surface area contributed by atoms with Gasteiger partial charge in [-0.25, -0.2) is 0 Å². The van der Waals surface area contributed by atoms with Crippen LogP contribution in [-0.4, -0.2) is 23.6 Å². The number of nitrogens with one attached hydrogen (secondary N) is 1. The third-order valence-electron chi connectivity index (χ3n) is 4.29. The van der Waals surface area contributed by atoms with E-state index in [4.69, 9.17) is 9.47 Å². The number of carbonyl (C=O) groups is 1. The molecule has 1 N–H and O–H groups in total. The predicted octanol–water partition coefficient (Wildman–Crippen LogP) is 3.84. The van der Waals surface area contributed by atoms with Gasteiger partial charge in [0.1, 0.15) is 6.61 Å². The highest BCUT2D eigenvalue weighted by Gasteiger charge is 2.27. The van der Waals surface area contributed by atoms with Gasteiger partial charge in [-0.15, -0.1) is 0 Å². The molecule has 1 atom stereocenters. The zero-order valence-corrected chi connectivity index (χ0v) is 14.3. The summed E-state index contributed by atoms with van der Waals surface area (Å²) < 4.78 is 11.3. The minimum absolute atomic E-state index is 0.191. The summed E-state index contributed by atoms with van der Waals surface area (Å²) in [6.45, 7) is 2.21. The summed E-state index contributed by atoms with van der Waals surface area (Å²) in [7, 11) is 0. The molecule has 26 heavy (non-hydrogen) atoms. The van der Waals surface area contributed by atoms with E-state index in [1.807, 2.05) is 55.5 Å². The van der Waals surface area contributed by atoms with Crippen molar-refractivity contribution in [2.24, 2.45) is 0 Å². The second-order valence-corrected chi connectivity index (χ2v) is 6.12. The molecule has 5 nitrogen and oxygen atoms in total. The van der Waals surface area contributed by atoms with Gasteiger partial charge in [-0.1, -0.05) is 18.2 Å². The Morgan fingerprint density at radius 3 is 2.62 bits per heavy atom. The second-order valence-electron chi connectivity index (χ2n) is 6.12. The summed E-state index contributed by atoms with van der Waals surface area (Å²) in [4.78, 5) is 16.6. The fourth-order valence-electron chi connectivity index (χ4n) is 2.97. The monoisotopic (exact) mass is 346 g/mol. The van der Waals surface area contributed by atoms with E-state index in [0.29, 0.717) is 11.5 Å². The maximum Gasteiger partial charge on any atom is 0.269 e. The van der Waals surface area contributed by atoms with Crippen molar-refractivity contribution in [1.29, 1.82) is 0 Å². The Labute approximate surface area is 151 Å². The van der Waals surface area contributed by atoms with Gasteiger partial charge in [0.15, 0.2) is 11.5 Å². The van der Waals surface area contributed by atoms with Crippen molar-refractivity contribution in [2.45, 2.75) is 13.0 Å². The van der Waals surface area contributed by atoms with E-state index in [2.05, 4.69) is 10.3 Å². The molecule has 1 unspecified atom stereocenters. The fourth-order valence-corrected chi connectivity index (χ4v) is 2.97. The molecule has 130 valence electrons. The number of hydrogen-bond donors (Lipinski definition) is 1. The number of amides is 1. The van der Waals surface area contributed by atoms with Crippen LogP contribution in [0.4, 0.5) is 5.69 Å². The molecule has 1 amide bonds. The fraction of sp³-hybridized carbons (Fsp3) is 0.143. The zero-order valence-electron chi connectivity index (χ0n) is 14.3. The van der Waals surface area contributed by atoms with Gasteiger partial charge in [0.2, 0.25) is 6.10 Å². The Hall–Kier alpha value is -3.34. The molecule has 1 aliphatic heterocycles. The number of fused-ring (bicyclic) bond motifs is 1. The van der Waals surface area contributed by atoms with E-state index in [9.17, 15) is 4.79 Å². The van der Waals surface area contributed by atoms with Crippen LogP contribution in [0, 0.1) is 6.92 Å². The van der Waals surface area contributed by atoms with Crippen LogP contribution in [0.2, 0.25) is 0 Å². The quantitative estimate of drug-likeness (QED) is 0.783. The molecular weight excluding hydrogens is 328 g/mol. The normalized spacial score (nSPS) is 15.3. The summed E-state index contributed by atoms with van der Waals surface area (Å²) in [5.41, 5.74) is 4.00. The van der Waals surface area contributed by atoms with Gasteiger partial charge in [0, 0.05) is 18.1 Å². The van der Waals surface area contributed by atoms with E-state index in [-0.39, 0.29) is 12.5 Å². The lowest BCUT2D eigenvalue weighted by Crippen LogP contribution is -2.40. The van der Waals surface area contributed by atoms with Crippen LogP contribution in [0.1, 0.15) is 5.56 Å². The third-order valence-corrected chi connectivity index (χ3v) is 4.29. The highest BCUT2D eigenvalue weighted by Crippen LogP contribution is 2.31. The zero-order chi connectivity index (χ0) is 17.9. The first-order valence-corrected chi connectivity index (χ1v) is 8.41. The van der Waals surface area contributed by atoms with Crippen molar-refractivity contribution >= 4 is 11.6 Å². The summed E-state index contributed by atoms with van der Waals surface area (Å²) in [5.74, 6) is 1.02. The molecule has 1 aliphatic rings. The third kappa shape index (κ3) is 3.24. The summed E-state index contributed by atoms with van der Waals surface area (Å²) >= 11 is 0. The maximum atomic E-state index is 12.5. The first-order chi connectivity index (χ1) is 12.7. The number of rotatable bonds is 3. The largest absolute Gasteiger partial charge is 0.485 e. The van der Waals surface area contributed by atoms with Crippen molar-refractivity contribution in [1.82, 2.24) is 4.98 Å². The predicted molar refractivity (Wildman–Crippen MR) is 99.4 cm³/mol. The van der Waals surface area contributed by atoms with Crippen LogP contribution in [0.15, 0.2) is 67.0 Å². The molecule has 0 spiro atoms. The van der Waals surface area contributed by atoms with Crippen molar-refractivity contribution in [3.05, 3.63) is 72.6 Å². The van der Waals surface area contributed by atoms with E-state index in [1.165, 1.54) is 0 Å². The number of para-hydroxylation sites is 2. The molecular formula is C21H18N2O3. The van der Waals surface area contributed by atoms with Gasteiger partial charge in [-0.3, -0.25) is 9.78 Å². The molecule has 0 aliphatic carbocycles. The Balaban J connectivity index is 1.48. The van der Waals surface area contributed by atoms with Gasteiger partial charge in [0.05, 0.1) is 0 Å². The summed E-state index contributed by atoms with van der Waals surface area (Å²) in [6, 6.07) is 17.1. The number of anilines is 1.